The fourth-order valence-corrected chi connectivity index (χ4v) is 6.80. The van der Waals surface area contributed by atoms with E-state index in [2.05, 4.69) is 4.90 Å². The quantitative estimate of drug-likeness (QED) is 0.825. The summed E-state index contributed by atoms with van der Waals surface area (Å²) >= 11 is 0. The lowest BCUT2D eigenvalue weighted by Crippen LogP contribution is -2.64. The maximum Gasteiger partial charge on any atom is 0.243 e. The first-order chi connectivity index (χ1) is 12.1. The molecular weight excluding hydrogens is 332 g/mol. The van der Waals surface area contributed by atoms with Crippen LogP contribution in [0.2, 0.25) is 0 Å². The largest absolute Gasteiger partial charge is 0.299 e. The van der Waals surface area contributed by atoms with Crippen LogP contribution in [0.3, 0.4) is 0 Å². The van der Waals surface area contributed by atoms with Crippen LogP contribution in [0.15, 0.2) is 29.2 Å². The average molecular weight is 363 g/mol. The highest BCUT2D eigenvalue weighted by Crippen LogP contribution is 2.37. The number of fused-ring (bicyclic) bond motifs is 1. The van der Waals surface area contributed by atoms with Crippen LogP contribution in [0, 0.1) is 18.8 Å². The summed E-state index contributed by atoms with van der Waals surface area (Å²) in [5.41, 5.74) is 0.845. The van der Waals surface area contributed by atoms with E-state index in [4.69, 9.17) is 0 Å². The lowest BCUT2D eigenvalue weighted by molar-refractivity contribution is -0.0369. The lowest BCUT2D eigenvalue weighted by atomic mass is 9.81. The van der Waals surface area contributed by atoms with Crippen LogP contribution in [0.4, 0.5) is 0 Å². The number of aryl methyl sites for hydroxylation is 1. The van der Waals surface area contributed by atoms with Crippen LogP contribution in [-0.2, 0) is 10.0 Å². The van der Waals surface area contributed by atoms with Crippen molar-refractivity contribution in [2.24, 2.45) is 11.8 Å². The van der Waals surface area contributed by atoms with Crippen molar-refractivity contribution in [3.63, 3.8) is 0 Å². The second kappa shape index (κ2) is 7.01. The van der Waals surface area contributed by atoms with Crippen molar-refractivity contribution in [1.82, 2.24) is 9.21 Å². The smallest absolute Gasteiger partial charge is 0.243 e. The van der Waals surface area contributed by atoms with Gasteiger partial charge in [-0.25, -0.2) is 8.42 Å². The molecule has 0 aromatic heterocycles. The van der Waals surface area contributed by atoms with E-state index in [-0.39, 0.29) is 0 Å². The minimum atomic E-state index is -3.35. The summed E-state index contributed by atoms with van der Waals surface area (Å²) < 4.78 is 27.7. The Bertz CT molecular complexity index is 712. The second-order valence-corrected chi connectivity index (χ2v) is 10.1. The highest BCUT2D eigenvalue weighted by Gasteiger charge is 2.45. The van der Waals surface area contributed by atoms with Gasteiger partial charge in [-0.2, -0.15) is 4.31 Å². The normalized spacial score (nSPS) is 29.2. The zero-order valence-corrected chi connectivity index (χ0v) is 16.0. The van der Waals surface area contributed by atoms with E-state index in [1.54, 1.807) is 10.4 Å². The Morgan fingerprint density at radius 3 is 2.52 bits per heavy atom. The number of rotatable bonds is 4. The summed E-state index contributed by atoms with van der Waals surface area (Å²) in [6.07, 6.45) is 7.98. The summed E-state index contributed by atoms with van der Waals surface area (Å²) in [5.74, 6) is 1.40. The molecule has 1 aromatic rings. The number of benzene rings is 1. The van der Waals surface area contributed by atoms with Gasteiger partial charge in [-0.3, -0.25) is 4.90 Å². The molecule has 1 aliphatic carbocycles. The molecule has 0 unspecified atom stereocenters. The predicted molar refractivity (Wildman–Crippen MR) is 100.0 cm³/mol. The summed E-state index contributed by atoms with van der Waals surface area (Å²) in [5, 5.41) is 0. The summed E-state index contributed by atoms with van der Waals surface area (Å²) in [4.78, 5) is 3.12. The lowest BCUT2D eigenvalue weighted by Gasteiger charge is -2.54. The fraction of sp³-hybridized carbons (Fsp3) is 0.700. The van der Waals surface area contributed by atoms with E-state index >= 15 is 0 Å². The van der Waals surface area contributed by atoms with Crippen molar-refractivity contribution < 1.29 is 8.42 Å². The maximum atomic E-state index is 13.0. The van der Waals surface area contributed by atoms with Crippen LogP contribution in [0.25, 0.3) is 0 Å². The van der Waals surface area contributed by atoms with E-state index in [1.165, 1.54) is 38.6 Å². The fourth-order valence-electron chi connectivity index (χ4n) is 5.06. The van der Waals surface area contributed by atoms with Gasteiger partial charge >= 0.3 is 0 Å². The van der Waals surface area contributed by atoms with Crippen LogP contribution in [-0.4, -0.2) is 49.8 Å². The van der Waals surface area contributed by atoms with Crippen molar-refractivity contribution in [2.45, 2.75) is 56.4 Å². The van der Waals surface area contributed by atoms with Gasteiger partial charge in [0.2, 0.25) is 10.0 Å². The second-order valence-electron chi connectivity index (χ2n) is 8.20. The Hall–Kier alpha value is -0.910. The highest BCUT2D eigenvalue weighted by molar-refractivity contribution is 7.89. The molecule has 0 amide bonds. The molecule has 2 atom stereocenters. The molecular formula is C20H30N2O2S. The van der Waals surface area contributed by atoms with Crippen LogP contribution in [0.1, 0.15) is 44.1 Å². The summed E-state index contributed by atoms with van der Waals surface area (Å²) in [6.45, 7) is 5.57. The van der Waals surface area contributed by atoms with Gasteiger partial charge in [0.25, 0.3) is 0 Å². The van der Waals surface area contributed by atoms with Crippen LogP contribution >= 0.6 is 0 Å². The molecule has 0 radical (unpaired) electrons. The third-order valence-corrected chi connectivity index (χ3v) is 8.55. The van der Waals surface area contributed by atoms with Crippen molar-refractivity contribution in [2.75, 3.05) is 26.2 Å². The summed E-state index contributed by atoms with van der Waals surface area (Å²) in [6, 6.07) is 7.96. The van der Waals surface area contributed by atoms with Gasteiger partial charge < -0.3 is 0 Å². The minimum absolute atomic E-state index is 0.479. The van der Waals surface area contributed by atoms with Crippen molar-refractivity contribution >= 4 is 10.0 Å². The third kappa shape index (κ3) is 3.38. The Morgan fingerprint density at radius 2 is 1.80 bits per heavy atom. The molecule has 2 aliphatic heterocycles. The van der Waals surface area contributed by atoms with Gasteiger partial charge in [0.1, 0.15) is 0 Å². The molecule has 138 valence electrons. The van der Waals surface area contributed by atoms with Gasteiger partial charge in [-0.05, 0) is 43.7 Å². The van der Waals surface area contributed by atoms with Gasteiger partial charge in [0, 0.05) is 38.1 Å². The number of likely N-dealkylation sites (tertiary alicyclic amines) is 1. The SMILES string of the molecule is Cc1ccccc1S(=O)(=O)N1CC[C@H]2[C@@H](CN2CC2CCCCC2)C1. The zero-order chi connectivity index (χ0) is 17.4. The van der Waals surface area contributed by atoms with Crippen molar-refractivity contribution in [3.05, 3.63) is 29.8 Å². The van der Waals surface area contributed by atoms with E-state index in [0.717, 1.165) is 24.4 Å². The van der Waals surface area contributed by atoms with E-state index in [0.29, 0.717) is 29.9 Å². The molecule has 1 saturated carbocycles. The maximum absolute atomic E-state index is 13.0. The number of sulfonamides is 1. The molecule has 4 nitrogen and oxygen atoms in total. The van der Waals surface area contributed by atoms with Gasteiger partial charge in [0.15, 0.2) is 0 Å². The molecule has 4 rings (SSSR count). The van der Waals surface area contributed by atoms with Gasteiger partial charge in [-0.15, -0.1) is 0 Å². The van der Waals surface area contributed by atoms with E-state index in [9.17, 15) is 8.42 Å². The average Bonchev–Trinajstić information content (AvgIpc) is 2.60. The number of hydrogen-bond acceptors (Lipinski definition) is 3. The van der Waals surface area contributed by atoms with Crippen molar-refractivity contribution in [1.29, 1.82) is 0 Å². The molecule has 0 spiro atoms. The Kier molecular flexibility index (Phi) is 4.91. The minimum Gasteiger partial charge on any atom is -0.299 e. The number of hydrogen-bond donors (Lipinski definition) is 0. The standard InChI is InChI=1S/C20H30N2O2S/c1-16-7-5-6-10-20(16)25(23,24)22-12-11-19-18(15-22)14-21(19)13-17-8-3-2-4-9-17/h5-7,10,17-19H,2-4,8-9,11-15H2,1H3/t18-,19-/m0/s1. The first-order valence-corrected chi connectivity index (χ1v) is 11.3. The Labute approximate surface area is 152 Å². The molecule has 0 N–H and O–H groups in total. The third-order valence-electron chi connectivity index (χ3n) is 6.52. The molecule has 3 aliphatic rings. The predicted octanol–water partition coefficient (Wildman–Crippen LogP) is 3.27. The topological polar surface area (TPSA) is 40.6 Å². The molecule has 1 aromatic carbocycles. The van der Waals surface area contributed by atoms with E-state index < -0.39 is 10.0 Å². The Balaban J connectivity index is 1.38. The first-order valence-electron chi connectivity index (χ1n) is 9.85. The molecule has 2 heterocycles. The summed E-state index contributed by atoms with van der Waals surface area (Å²) in [7, 11) is -3.35. The van der Waals surface area contributed by atoms with Crippen LogP contribution < -0.4 is 0 Å². The van der Waals surface area contributed by atoms with Crippen LogP contribution in [0.5, 0.6) is 0 Å². The molecule has 0 bridgehead atoms. The van der Waals surface area contributed by atoms with Gasteiger partial charge in [0.05, 0.1) is 4.90 Å². The molecule has 2 saturated heterocycles. The van der Waals surface area contributed by atoms with E-state index in [1.807, 2.05) is 25.1 Å². The molecule has 25 heavy (non-hydrogen) atoms. The number of nitrogens with zero attached hydrogens (tertiary/aromatic N) is 2. The molecule has 5 heteroatoms. The first kappa shape index (κ1) is 17.5. The van der Waals surface area contributed by atoms with Gasteiger partial charge in [-0.1, -0.05) is 37.5 Å². The molecule has 3 fully saturated rings. The highest BCUT2D eigenvalue weighted by atomic mass is 32.2. The number of piperidine rings is 1. The Morgan fingerprint density at radius 1 is 1.04 bits per heavy atom. The van der Waals surface area contributed by atoms with Crippen molar-refractivity contribution in [3.8, 4) is 0 Å². The monoisotopic (exact) mass is 362 g/mol. The zero-order valence-electron chi connectivity index (χ0n) is 15.2.